The van der Waals surface area contributed by atoms with Crippen molar-refractivity contribution in [1.82, 2.24) is 0 Å². The fraction of sp³-hybridized carbons (Fsp3) is 0.533. The second kappa shape index (κ2) is 5.95. The zero-order chi connectivity index (χ0) is 15.6. The van der Waals surface area contributed by atoms with E-state index in [2.05, 4.69) is 0 Å². The van der Waals surface area contributed by atoms with Gasteiger partial charge in [-0.2, -0.15) is 13.2 Å². The third-order valence-electron chi connectivity index (χ3n) is 4.13. The smallest absolute Gasteiger partial charge is 0.384 e. The van der Waals surface area contributed by atoms with Crippen LogP contribution in [0.15, 0.2) is 18.2 Å². The zero-order valence-electron chi connectivity index (χ0n) is 12.0. The molecule has 116 valence electrons. The van der Waals surface area contributed by atoms with Crippen LogP contribution < -0.4 is 10.6 Å². The molecule has 0 unspecified atom stereocenters. The lowest BCUT2D eigenvalue weighted by molar-refractivity contribution is -0.137. The number of hydrogen-bond acceptors (Lipinski definition) is 2. The predicted octanol–water partition coefficient (Wildman–Crippen LogP) is 3.76. The van der Waals surface area contributed by atoms with E-state index in [4.69, 9.17) is 11.1 Å². The Kier molecular flexibility index (Phi) is 4.44. The molecule has 0 saturated heterocycles. The van der Waals surface area contributed by atoms with Gasteiger partial charge in [0.15, 0.2) is 0 Å². The second-order valence-corrected chi connectivity index (χ2v) is 5.54. The van der Waals surface area contributed by atoms with Crippen molar-refractivity contribution in [2.75, 3.05) is 11.9 Å². The maximum Gasteiger partial charge on any atom is 0.417 e. The molecule has 1 aromatic carbocycles. The van der Waals surface area contributed by atoms with E-state index in [0.29, 0.717) is 11.7 Å². The van der Waals surface area contributed by atoms with Gasteiger partial charge in [0.05, 0.1) is 5.56 Å². The molecule has 0 atom stereocenters. The van der Waals surface area contributed by atoms with Crippen LogP contribution in [0.5, 0.6) is 0 Å². The Morgan fingerprint density at radius 1 is 1.24 bits per heavy atom. The maximum absolute atomic E-state index is 12.9. The highest BCUT2D eigenvalue weighted by Crippen LogP contribution is 2.35. The molecule has 0 aliphatic heterocycles. The molecule has 3 N–H and O–H groups in total. The van der Waals surface area contributed by atoms with E-state index in [0.717, 1.165) is 31.7 Å². The summed E-state index contributed by atoms with van der Waals surface area (Å²) in [6.07, 6.45) is 1.11. The Balaban J connectivity index is 2.33. The molecule has 6 heteroatoms. The van der Waals surface area contributed by atoms with Crippen LogP contribution in [0.1, 0.15) is 43.2 Å². The molecule has 0 amide bonds. The summed E-state index contributed by atoms with van der Waals surface area (Å²) in [4.78, 5) is 2.01. The molecule has 0 spiro atoms. The summed E-state index contributed by atoms with van der Waals surface area (Å²) in [5.74, 6) is -0.554. The average Bonchev–Trinajstić information content (AvgIpc) is 2.45. The molecule has 21 heavy (non-hydrogen) atoms. The van der Waals surface area contributed by atoms with Crippen LogP contribution in [0.3, 0.4) is 0 Å². The first-order valence-corrected chi connectivity index (χ1v) is 7.09. The lowest BCUT2D eigenvalue weighted by atomic mass is 9.94. The number of amidine groups is 1. The molecule has 1 aromatic rings. The average molecular weight is 299 g/mol. The Morgan fingerprint density at radius 2 is 1.86 bits per heavy atom. The molecule has 3 nitrogen and oxygen atoms in total. The van der Waals surface area contributed by atoms with Crippen molar-refractivity contribution >= 4 is 11.5 Å². The van der Waals surface area contributed by atoms with Gasteiger partial charge in [0.25, 0.3) is 0 Å². The summed E-state index contributed by atoms with van der Waals surface area (Å²) in [6, 6.07) is 4.20. The number of nitrogen functional groups attached to an aromatic ring is 1. The minimum Gasteiger partial charge on any atom is -0.384 e. The first-order valence-electron chi connectivity index (χ1n) is 7.09. The highest BCUT2D eigenvalue weighted by atomic mass is 19.4. The molecule has 1 saturated carbocycles. The number of anilines is 1. The van der Waals surface area contributed by atoms with Crippen LogP contribution in [0, 0.1) is 5.41 Å². The fourth-order valence-corrected chi connectivity index (χ4v) is 2.90. The second-order valence-electron chi connectivity index (χ2n) is 5.54. The molecular weight excluding hydrogens is 279 g/mol. The SMILES string of the molecule is CN(c1ccc(C(F)(F)F)c(C(=N)N)c1)C1CCCCC1. The number of hydrogen-bond donors (Lipinski definition) is 2. The minimum atomic E-state index is -4.50. The molecular formula is C15H20F3N3. The summed E-state index contributed by atoms with van der Waals surface area (Å²) in [5, 5.41) is 7.40. The number of nitrogens with zero attached hydrogens (tertiary/aromatic N) is 1. The van der Waals surface area contributed by atoms with Gasteiger partial charge in [-0.25, -0.2) is 0 Å². The van der Waals surface area contributed by atoms with Gasteiger partial charge in [-0.3, -0.25) is 5.41 Å². The third-order valence-corrected chi connectivity index (χ3v) is 4.13. The van der Waals surface area contributed by atoms with Gasteiger partial charge in [-0.05, 0) is 31.0 Å². The van der Waals surface area contributed by atoms with E-state index < -0.39 is 17.6 Å². The van der Waals surface area contributed by atoms with E-state index in [-0.39, 0.29) is 5.56 Å². The van der Waals surface area contributed by atoms with Crippen molar-refractivity contribution in [3.8, 4) is 0 Å². The summed E-state index contributed by atoms with van der Waals surface area (Å²) in [6.45, 7) is 0. The number of nitrogens with one attached hydrogen (secondary N) is 1. The first-order chi connectivity index (χ1) is 9.80. The van der Waals surface area contributed by atoms with E-state index in [1.54, 1.807) is 0 Å². The standard InChI is InChI=1S/C15H20F3N3/c1-21(10-5-3-2-4-6-10)11-7-8-13(15(16,17)18)12(9-11)14(19)20/h7-10H,2-6H2,1H3,(H3,19,20). The summed E-state index contributed by atoms with van der Waals surface area (Å²) in [5.41, 5.74) is 4.91. The van der Waals surface area contributed by atoms with Crippen LogP contribution >= 0.6 is 0 Å². The topological polar surface area (TPSA) is 53.1 Å². The maximum atomic E-state index is 12.9. The molecule has 1 aliphatic carbocycles. The van der Waals surface area contributed by atoms with Crippen LogP contribution in [0.4, 0.5) is 18.9 Å². The van der Waals surface area contributed by atoms with E-state index in [9.17, 15) is 13.2 Å². The molecule has 2 rings (SSSR count). The highest BCUT2D eigenvalue weighted by Gasteiger charge is 2.34. The van der Waals surface area contributed by atoms with Crippen molar-refractivity contribution in [3.05, 3.63) is 29.3 Å². The van der Waals surface area contributed by atoms with Crippen LogP contribution in [0.2, 0.25) is 0 Å². The Hall–Kier alpha value is -1.72. The number of rotatable bonds is 3. The minimum absolute atomic E-state index is 0.248. The van der Waals surface area contributed by atoms with Crippen LogP contribution in [-0.2, 0) is 6.18 Å². The highest BCUT2D eigenvalue weighted by molar-refractivity contribution is 5.97. The van der Waals surface area contributed by atoms with Crippen LogP contribution in [-0.4, -0.2) is 18.9 Å². The molecule has 0 radical (unpaired) electrons. The van der Waals surface area contributed by atoms with Gasteiger partial charge in [0, 0.05) is 24.3 Å². The number of alkyl halides is 3. The summed E-state index contributed by atoms with van der Waals surface area (Å²) < 4.78 is 38.8. The molecule has 0 heterocycles. The van der Waals surface area contributed by atoms with E-state index in [1.807, 2.05) is 11.9 Å². The number of nitrogens with two attached hydrogens (primary N) is 1. The Morgan fingerprint density at radius 3 is 2.38 bits per heavy atom. The normalized spacial score (nSPS) is 16.8. The summed E-state index contributed by atoms with van der Waals surface area (Å²) in [7, 11) is 1.89. The largest absolute Gasteiger partial charge is 0.417 e. The molecule has 1 aliphatic rings. The van der Waals surface area contributed by atoms with Crippen molar-refractivity contribution in [2.24, 2.45) is 5.73 Å². The van der Waals surface area contributed by atoms with Gasteiger partial charge in [-0.1, -0.05) is 19.3 Å². The van der Waals surface area contributed by atoms with E-state index in [1.165, 1.54) is 18.6 Å². The van der Waals surface area contributed by atoms with Gasteiger partial charge in [0.1, 0.15) is 5.84 Å². The van der Waals surface area contributed by atoms with Gasteiger partial charge >= 0.3 is 6.18 Å². The first kappa shape index (κ1) is 15.7. The van der Waals surface area contributed by atoms with Crippen molar-refractivity contribution < 1.29 is 13.2 Å². The predicted molar refractivity (Wildman–Crippen MR) is 77.7 cm³/mol. The number of benzene rings is 1. The molecule has 0 aromatic heterocycles. The van der Waals surface area contributed by atoms with Crippen molar-refractivity contribution in [1.29, 1.82) is 5.41 Å². The van der Waals surface area contributed by atoms with Gasteiger partial charge in [0.2, 0.25) is 0 Å². The zero-order valence-corrected chi connectivity index (χ0v) is 12.0. The van der Waals surface area contributed by atoms with Gasteiger partial charge < -0.3 is 10.6 Å². The third kappa shape index (κ3) is 3.49. The number of halogens is 3. The van der Waals surface area contributed by atoms with Gasteiger partial charge in [-0.15, -0.1) is 0 Å². The molecule has 0 bridgehead atoms. The quantitative estimate of drug-likeness (QED) is 0.659. The van der Waals surface area contributed by atoms with E-state index >= 15 is 0 Å². The summed E-state index contributed by atoms with van der Waals surface area (Å²) >= 11 is 0. The Bertz CT molecular complexity index is 519. The van der Waals surface area contributed by atoms with Crippen molar-refractivity contribution in [2.45, 2.75) is 44.3 Å². The lowest BCUT2D eigenvalue weighted by Crippen LogP contribution is -2.33. The Labute approximate surface area is 122 Å². The molecule has 1 fully saturated rings. The lowest BCUT2D eigenvalue weighted by Gasteiger charge is -2.33. The fourth-order valence-electron chi connectivity index (χ4n) is 2.90. The van der Waals surface area contributed by atoms with Crippen molar-refractivity contribution in [3.63, 3.8) is 0 Å². The van der Waals surface area contributed by atoms with Crippen LogP contribution in [0.25, 0.3) is 0 Å². The monoisotopic (exact) mass is 299 g/mol.